The number of carbonyl (C=O) groups excluding carboxylic acids is 1. The van der Waals surface area contributed by atoms with E-state index in [2.05, 4.69) is 13.8 Å². The third-order valence-corrected chi connectivity index (χ3v) is 7.01. The van der Waals surface area contributed by atoms with Crippen molar-refractivity contribution in [2.75, 3.05) is 26.3 Å². The van der Waals surface area contributed by atoms with Gasteiger partial charge in [-0.15, -0.1) is 0 Å². The van der Waals surface area contributed by atoms with Crippen LogP contribution >= 0.6 is 0 Å². The number of rotatable bonds is 5. The topological polar surface area (TPSA) is 72.9 Å². The lowest BCUT2D eigenvalue weighted by atomic mass is 9.98. The fourth-order valence-corrected chi connectivity index (χ4v) is 4.87. The zero-order valence-electron chi connectivity index (χ0n) is 17.3. The molecule has 0 aliphatic carbocycles. The van der Waals surface area contributed by atoms with E-state index < -0.39 is 16.0 Å². The van der Waals surface area contributed by atoms with E-state index in [4.69, 9.17) is 9.47 Å². The van der Waals surface area contributed by atoms with Crippen molar-refractivity contribution in [1.82, 2.24) is 4.31 Å². The van der Waals surface area contributed by atoms with Crippen molar-refractivity contribution in [3.8, 4) is 5.75 Å². The summed E-state index contributed by atoms with van der Waals surface area (Å²) in [5, 5.41) is 0. The Balaban J connectivity index is 1.86. The highest BCUT2D eigenvalue weighted by molar-refractivity contribution is 7.89. The summed E-state index contributed by atoms with van der Waals surface area (Å²) in [5.74, 6) is 0.250. The van der Waals surface area contributed by atoms with Gasteiger partial charge >= 0.3 is 5.97 Å². The van der Waals surface area contributed by atoms with Gasteiger partial charge in [-0.3, -0.25) is 0 Å². The first-order valence-corrected chi connectivity index (χ1v) is 11.2. The minimum Gasteiger partial charge on any atom is -0.423 e. The zero-order chi connectivity index (χ0) is 21.2. The molecule has 0 aromatic heterocycles. The second-order valence-corrected chi connectivity index (χ2v) is 9.49. The van der Waals surface area contributed by atoms with Gasteiger partial charge in [-0.05, 0) is 60.7 Å². The lowest BCUT2D eigenvalue weighted by Crippen LogP contribution is -2.40. The summed E-state index contributed by atoms with van der Waals surface area (Å²) in [6, 6.07) is 10.1. The Morgan fingerprint density at radius 3 is 2.34 bits per heavy atom. The number of ether oxygens (including phenoxy) is 2. The Morgan fingerprint density at radius 2 is 1.72 bits per heavy atom. The van der Waals surface area contributed by atoms with Crippen LogP contribution in [0.1, 0.15) is 46.8 Å². The molecule has 0 N–H and O–H groups in total. The molecule has 6 nitrogen and oxygen atoms in total. The number of hydrogen-bond acceptors (Lipinski definition) is 5. The number of benzene rings is 2. The highest BCUT2D eigenvalue weighted by Gasteiger charge is 2.27. The van der Waals surface area contributed by atoms with E-state index in [1.165, 1.54) is 22.0 Å². The van der Waals surface area contributed by atoms with E-state index in [0.717, 1.165) is 5.56 Å². The van der Waals surface area contributed by atoms with Crippen LogP contribution in [0, 0.1) is 13.8 Å². The highest BCUT2D eigenvalue weighted by atomic mass is 32.2. The number of hydrogen-bond donors (Lipinski definition) is 0. The second-order valence-electron chi connectivity index (χ2n) is 7.56. The first-order valence-electron chi connectivity index (χ1n) is 9.71. The Kier molecular flexibility index (Phi) is 6.41. The lowest BCUT2D eigenvalue weighted by Gasteiger charge is -2.26. The molecule has 0 unspecified atom stereocenters. The summed E-state index contributed by atoms with van der Waals surface area (Å²) < 4.78 is 37.9. The molecule has 2 aromatic rings. The van der Waals surface area contributed by atoms with Gasteiger partial charge in [0.05, 0.1) is 23.7 Å². The molecule has 0 saturated carbocycles. The minimum atomic E-state index is -3.68. The van der Waals surface area contributed by atoms with E-state index in [1.807, 2.05) is 19.1 Å². The average Bonchev–Trinajstić information content (AvgIpc) is 2.68. The fraction of sp³-hybridized carbons (Fsp3) is 0.409. The summed E-state index contributed by atoms with van der Waals surface area (Å²) in [5.41, 5.74) is 3.14. The Morgan fingerprint density at radius 1 is 1.03 bits per heavy atom. The van der Waals surface area contributed by atoms with Gasteiger partial charge < -0.3 is 9.47 Å². The van der Waals surface area contributed by atoms with Gasteiger partial charge in [0, 0.05) is 13.1 Å². The van der Waals surface area contributed by atoms with E-state index >= 15 is 0 Å². The minimum absolute atomic E-state index is 0.0864. The van der Waals surface area contributed by atoms with Gasteiger partial charge in [0.1, 0.15) is 5.75 Å². The molecule has 0 bridgehead atoms. The van der Waals surface area contributed by atoms with Crippen LogP contribution in [0.3, 0.4) is 0 Å². The van der Waals surface area contributed by atoms with E-state index in [0.29, 0.717) is 43.5 Å². The zero-order valence-corrected chi connectivity index (χ0v) is 18.1. The van der Waals surface area contributed by atoms with Crippen LogP contribution in [0.4, 0.5) is 0 Å². The Labute approximate surface area is 172 Å². The lowest BCUT2D eigenvalue weighted by molar-refractivity contribution is 0.0727. The Hall–Kier alpha value is -2.22. The fourth-order valence-electron chi connectivity index (χ4n) is 3.44. The van der Waals surface area contributed by atoms with Crippen LogP contribution in [0.2, 0.25) is 0 Å². The smallest absolute Gasteiger partial charge is 0.343 e. The molecule has 1 heterocycles. The molecule has 29 heavy (non-hydrogen) atoms. The first kappa shape index (κ1) is 21.5. The molecule has 0 radical (unpaired) electrons. The number of carbonyl (C=O) groups is 1. The van der Waals surface area contributed by atoms with Crippen molar-refractivity contribution in [2.45, 2.75) is 38.5 Å². The van der Waals surface area contributed by atoms with Gasteiger partial charge in [-0.1, -0.05) is 26.0 Å². The predicted octanol–water partition coefficient (Wildman–Crippen LogP) is 3.67. The monoisotopic (exact) mass is 417 g/mol. The molecule has 3 rings (SSSR count). The van der Waals surface area contributed by atoms with Gasteiger partial charge in [0.2, 0.25) is 10.0 Å². The standard InChI is InChI=1S/C22H27NO5S/c1-15(2)20-8-6-18(13-17(20)4)28-22(24)21-14-19(7-5-16(21)3)29(25,26)23-9-11-27-12-10-23/h5-8,13-15H,9-12H2,1-4H3. The maximum absolute atomic E-state index is 12.9. The van der Waals surface area contributed by atoms with Crippen molar-refractivity contribution in [2.24, 2.45) is 0 Å². The predicted molar refractivity (Wildman–Crippen MR) is 111 cm³/mol. The summed E-state index contributed by atoms with van der Waals surface area (Å²) in [4.78, 5) is 12.9. The summed E-state index contributed by atoms with van der Waals surface area (Å²) in [6.07, 6.45) is 0. The van der Waals surface area contributed by atoms with Gasteiger partial charge in [-0.2, -0.15) is 4.31 Å². The van der Waals surface area contributed by atoms with Crippen molar-refractivity contribution in [3.63, 3.8) is 0 Å². The number of aryl methyl sites for hydroxylation is 2. The number of morpholine rings is 1. The number of sulfonamides is 1. The maximum Gasteiger partial charge on any atom is 0.343 e. The van der Waals surface area contributed by atoms with Gasteiger partial charge in [-0.25, -0.2) is 13.2 Å². The third-order valence-electron chi connectivity index (χ3n) is 5.11. The summed E-state index contributed by atoms with van der Waals surface area (Å²) in [6.45, 7) is 9.30. The van der Waals surface area contributed by atoms with E-state index in [9.17, 15) is 13.2 Å². The summed E-state index contributed by atoms with van der Waals surface area (Å²) in [7, 11) is -3.68. The van der Waals surface area contributed by atoms with Crippen LogP contribution < -0.4 is 4.74 Å². The van der Waals surface area contributed by atoms with E-state index in [1.54, 1.807) is 19.1 Å². The van der Waals surface area contributed by atoms with Gasteiger partial charge in [0.15, 0.2) is 0 Å². The molecular formula is C22H27NO5S. The van der Waals surface area contributed by atoms with Gasteiger partial charge in [0.25, 0.3) is 0 Å². The molecule has 2 aromatic carbocycles. The molecule has 0 spiro atoms. The van der Waals surface area contributed by atoms with Crippen LogP contribution in [0.5, 0.6) is 5.75 Å². The van der Waals surface area contributed by atoms with Crippen molar-refractivity contribution < 1.29 is 22.7 Å². The van der Waals surface area contributed by atoms with Crippen molar-refractivity contribution in [3.05, 3.63) is 58.7 Å². The van der Waals surface area contributed by atoms with Crippen LogP contribution in [-0.4, -0.2) is 45.0 Å². The van der Waals surface area contributed by atoms with Crippen LogP contribution in [0.25, 0.3) is 0 Å². The molecule has 0 atom stereocenters. The number of esters is 1. The molecule has 1 fully saturated rings. The largest absolute Gasteiger partial charge is 0.423 e. The molecule has 0 amide bonds. The quantitative estimate of drug-likeness (QED) is 0.548. The molecule has 156 valence electrons. The normalized spacial score (nSPS) is 15.5. The molecular weight excluding hydrogens is 390 g/mol. The number of nitrogens with zero attached hydrogens (tertiary/aromatic N) is 1. The van der Waals surface area contributed by atoms with Crippen LogP contribution in [-0.2, 0) is 14.8 Å². The average molecular weight is 418 g/mol. The SMILES string of the molecule is Cc1ccc(S(=O)(=O)N2CCOCC2)cc1C(=O)Oc1ccc(C(C)C)c(C)c1. The molecule has 1 aliphatic rings. The van der Waals surface area contributed by atoms with Crippen molar-refractivity contribution >= 4 is 16.0 Å². The second kappa shape index (κ2) is 8.65. The maximum atomic E-state index is 12.9. The van der Waals surface area contributed by atoms with E-state index in [-0.39, 0.29) is 10.5 Å². The van der Waals surface area contributed by atoms with Crippen LogP contribution in [0.15, 0.2) is 41.3 Å². The molecule has 7 heteroatoms. The highest BCUT2D eigenvalue weighted by Crippen LogP contribution is 2.25. The van der Waals surface area contributed by atoms with Crippen molar-refractivity contribution in [1.29, 1.82) is 0 Å². The molecule has 1 aliphatic heterocycles. The first-order chi connectivity index (χ1) is 13.7. The third kappa shape index (κ3) is 4.69. The molecule has 1 saturated heterocycles. The summed E-state index contributed by atoms with van der Waals surface area (Å²) >= 11 is 0. The Bertz CT molecular complexity index is 1010.